The van der Waals surface area contributed by atoms with Crippen LogP contribution in [0.25, 0.3) is 0 Å². The zero-order valence-electron chi connectivity index (χ0n) is 10.8. The fraction of sp³-hybridized carbons (Fsp3) is 0.769. The standard InChI is InChI=1S/C13H24ClNO/c1-11(10-13(2,3)4)9-12(16)15-8-6-5-7-14/h5-6,11H,7-10H2,1-4H3,(H,15,16)/b6-5+. The zero-order chi connectivity index (χ0) is 12.6. The lowest BCUT2D eigenvalue weighted by Crippen LogP contribution is -2.26. The second-order valence-corrected chi connectivity index (χ2v) is 5.81. The van der Waals surface area contributed by atoms with Crippen molar-refractivity contribution in [3.8, 4) is 0 Å². The molecule has 1 atom stereocenters. The van der Waals surface area contributed by atoms with Gasteiger partial charge in [0.2, 0.25) is 5.91 Å². The van der Waals surface area contributed by atoms with Crippen molar-refractivity contribution in [1.29, 1.82) is 0 Å². The second-order valence-electron chi connectivity index (χ2n) is 5.50. The van der Waals surface area contributed by atoms with Crippen molar-refractivity contribution in [2.75, 3.05) is 12.4 Å². The molecule has 1 unspecified atom stereocenters. The first kappa shape index (κ1) is 15.5. The van der Waals surface area contributed by atoms with Crippen molar-refractivity contribution >= 4 is 17.5 Å². The van der Waals surface area contributed by atoms with Gasteiger partial charge in [0.25, 0.3) is 0 Å². The summed E-state index contributed by atoms with van der Waals surface area (Å²) in [5.41, 5.74) is 0.290. The van der Waals surface area contributed by atoms with Gasteiger partial charge in [-0.05, 0) is 17.8 Å². The lowest BCUT2D eigenvalue weighted by atomic mass is 9.84. The van der Waals surface area contributed by atoms with Crippen LogP contribution in [0.2, 0.25) is 0 Å². The van der Waals surface area contributed by atoms with E-state index in [1.54, 1.807) is 0 Å². The van der Waals surface area contributed by atoms with Crippen LogP contribution < -0.4 is 5.32 Å². The third kappa shape index (κ3) is 10.0. The van der Waals surface area contributed by atoms with Crippen LogP contribution in [0.15, 0.2) is 12.2 Å². The lowest BCUT2D eigenvalue weighted by Gasteiger charge is -2.22. The fourth-order valence-electron chi connectivity index (χ4n) is 1.83. The Morgan fingerprint density at radius 3 is 2.50 bits per heavy atom. The summed E-state index contributed by atoms with van der Waals surface area (Å²) in [6.45, 7) is 9.30. The van der Waals surface area contributed by atoms with Gasteiger partial charge in [0.15, 0.2) is 0 Å². The summed E-state index contributed by atoms with van der Waals surface area (Å²) in [6, 6.07) is 0. The number of amides is 1. The first-order valence-corrected chi connectivity index (χ1v) is 6.36. The second kappa shape index (κ2) is 7.72. The molecule has 0 radical (unpaired) electrons. The Hall–Kier alpha value is -0.500. The van der Waals surface area contributed by atoms with Gasteiger partial charge in [0.05, 0.1) is 0 Å². The summed E-state index contributed by atoms with van der Waals surface area (Å²) in [7, 11) is 0. The SMILES string of the molecule is CC(CC(=O)NC/C=C/CCl)CC(C)(C)C. The highest BCUT2D eigenvalue weighted by molar-refractivity contribution is 6.18. The summed E-state index contributed by atoms with van der Waals surface area (Å²) < 4.78 is 0. The van der Waals surface area contributed by atoms with Gasteiger partial charge in [-0.15, -0.1) is 11.6 Å². The maximum atomic E-state index is 11.5. The van der Waals surface area contributed by atoms with Gasteiger partial charge < -0.3 is 5.32 Å². The molecule has 1 N–H and O–H groups in total. The quantitative estimate of drug-likeness (QED) is 0.564. The molecule has 2 nitrogen and oxygen atoms in total. The molecule has 1 amide bonds. The van der Waals surface area contributed by atoms with E-state index in [0.717, 1.165) is 6.42 Å². The highest BCUT2D eigenvalue weighted by Crippen LogP contribution is 2.25. The molecular formula is C13H24ClNO. The molecule has 0 heterocycles. The molecule has 0 aromatic carbocycles. The Kier molecular flexibility index (Phi) is 7.48. The van der Waals surface area contributed by atoms with Crippen LogP contribution in [-0.2, 0) is 4.79 Å². The number of hydrogen-bond acceptors (Lipinski definition) is 1. The van der Waals surface area contributed by atoms with E-state index < -0.39 is 0 Å². The molecule has 94 valence electrons. The number of carbonyl (C=O) groups is 1. The van der Waals surface area contributed by atoms with E-state index >= 15 is 0 Å². The Labute approximate surface area is 104 Å². The van der Waals surface area contributed by atoms with Crippen LogP contribution in [0, 0.1) is 11.3 Å². The average molecular weight is 246 g/mol. The van der Waals surface area contributed by atoms with E-state index in [2.05, 4.69) is 33.0 Å². The minimum Gasteiger partial charge on any atom is -0.353 e. The highest BCUT2D eigenvalue weighted by atomic mass is 35.5. The topological polar surface area (TPSA) is 29.1 Å². The molecule has 0 aromatic rings. The maximum Gasteiger partial charge on any atom is 0.220 e. The Balaban J connectivity index is 3.74. The Morgan fingerprint density at radius 1 is 1.38 bits per heavy atom. The maximum absolute atomic E-state index is 11.5. The molecule has 0 saturated heterocycles. The third-order valence-corrected chi connectivity index (χ3v) is 2.35. The van der Waals surface area contributed by atoms with Gasteiger partial charge in [-0.25, -0.2) is 0 Å². The molecule has 0 rings (SSSR count). The zero-order valence-corrected chi connectivity index (χ0v) is 11.6. The smallest absolute Gasteiger partial charge is 0.220 e. The molecule has 3 heteroatoms. The molecule has 0 bridgehead atoms. The number of nitrogens with one attached hydrogen (secondary N) is 1. The highest BCUT2D eigenvalue weighted by Gasteiger charge is 2.17. The van der Waals surface area contributed by atoms with E-state index in [1.807, 2.05) is 12.2 Å². The van der Waals surface area contributed by atoms with E-state index in [1.165, 1.54) is 0 Å². The van der Waals surface area contributed by atoms with E-state index in [9.17, 15) is 4.79 Å². The number of rotatable bonds is 6. The monoisotopic (exact) mass is 245 g/mol. The number of hydrogen-bond donors (Lipinski definition) is 1. The molecule has 16 heavy (non-hydrogen) atoms. The molecule has 0 aliphatic carbocycles. The van der Waals surface area contributed by atoms with Crippen LogP contribution in [-0.4, -0.2) is 18.3 Å². The summed E-state index contributed by atoms with van der Waals surface area (Å²) in [5, 5.41) is 2.85. The third-order valence-electron chi connectivity index (χ3n) is 2.17. The Morgan fingerprint density at radius 2 is 2.00 bits per heavy atom. The number of allylic oxidation sites excluding steroid dienone is 1. The Bertz CT molecular complexity index is 231. The van der Waals surface area contributed by atoms with Crippen molar-refractivity contribution in [2.45, 2.75) is 40.5 Å². The summed E-state index contributed by atoms with van der Waals surface area (Å²) in [4.78, 5) is 11.5. The van der Waals surface area contributed by atoms with Gasteiger partial charge in [0, 0.05) is 18.8 Å². The van der Waals surface area contributed by atoms with E-state index in [0.29, 0.717) is 24.8 Å². The largest absolute Gasteiger partial charge is 0.353 e. The average Bonchev–Trinajstić information content (AvgIpc) is 2.09. The molecule has 0 spiro atoms. The minimum absolute atomic E-state index is 0.121. The number of alkyl halides is 1. The molecule has 0 fully saturated rings. The van der Waals surface area contributed by atoms with Gasteiger partial charge in [-0.1, -0.05) is 39.8 Å². The van der Waals surface area contributed by atoms with Crippen LogP contribution in [0.4, 0.5) is 0 Å². The first-order chi connectivity index (χ1) is 7.35. The molecule has 0 aliphatic heterocycles. The fourth-order valence-corrected chi connectivity index (χ4v) is 1.95. The van der Waals surface area contributed by atoms with Crippen molar-refractivity contribution in [1.82, 2.24) is 5.32 Å². The molecule has 0 aromatic heterocycles. The molecular weight excluding hydrogens is 222 g/mol. The van der Waals surface area contributed by atoms with E-state index in [4.69, 9.17) is 11.6 Å². The van der Waals surface area contributed by atoms with Crippen molar-refractivity contribution in [3.05, 3.63) is 12.2 Å². The van der Waals surface area contributed by atoms with Gasteiger partial charge in [0.1, 0.15) is 0 Å². The minimum atomic E-state index is 0.121. The van der Waals surface area contributed by atoms with Crippen LogP contribution >= 0.6 is 11.6 Å². The van der Waals surface area contributed by atoms with Crippen molar-refractivity contribution < 1.29 is 4.79 Å². The van der Waals surface area contributed by atoms with Crippen molar-refractivity contribution in [3.63, 3.8) is 0 Å². The predicted molar refractivity (Wildman–Crippen MR) is 70.7 cm³/mol. The normalized spacial score (nSPS) is 14.1. The van der Waals surface area contributed by atoms with Crippen molar-refractivity contribution in [2.24, 2.45) is 11.3 Å². The van der Waals surface area contributed by atoms with Crippen LogP contribution in [0.1, 0.15) is 40.5 Å². The van der Waals surface area contributed by atoms with Gasteiger partial charge in [-0.3, -0.25) is 4.79 Å². The van der Waals surface area contributed by atoms with Crippen LogP contribution in [0.5, 0.6) is 0 Å². The predicted octanol–water partition coefficient (Wildman–Crippen LogP) is 3.36. The number of carbonyl (C=O) groups excluding carboxylic acids is 1. The lowest BCUT2D eigenvalue weighted by molar-refractivity contribution is -0.121. The summed E-state index contributed by atoms with van der Waals surface area (Å²) in [5.74, 6) is 1.05. The van der Waals surface area contributed by atoms with Crippen LogP contribution in [0.3, 0.4) is 0 Å². The van der Waals surface area contributed by atoms with Gasteiger partial charge in [-0.2, -0.15) is 0 Å². The van der Waals surface area contributed by atoms with E-state index in [-0.39, 0.29) is 11.3 Å². The molecule has 0 saturated carbocycles. The molecule has 0 aliphatic rings. The number of halogens is 1. The van der Waals surface area contributed by atoms with Gasteiger partial charge >= 0.3 is 0 Å². The first-order valence-electron chi connectivity index (χ1n) is 5.83. The summed E-state index contributed by atoms with van der Waals surface area (Å²) in [6.07, 6.45) is 5.38. The summed E-state index contributed by atoms with van der Waals surface area (Å²) >= 11 is 5.47.